The van der Waals surface area contributed by atoms with Crippen molar-refractivity contribution in [3.05, 3.63) is 81.8 Å². The van der Waals surface area contributed by atoms with Gasteiger partial charge in [0.05, 0.1) is 12.1 Å². The van der Waals surface area contributed by atoms with Crippen LogP contribution < -0.4 is 4.72 Å². The SMILES string of the molecule is CSc1ccccc1C(=O)N(CCCc1ccccc1)Cc1nc(C(=O)NS(=O)(=O)N(C)C)cs1. The Balaban J connectivity index is 1.77. The fourth-order valence-electron chi connectivity index (χ4n) is 3.27. The van der Waals surface area contributed by atoms with Gasteiger partial charge in [0.1, 0.15) is 10.7 Å². The van der Waals surface area contributed by atoms with Gasteiger partial charge in [-0.15, -0.1) is 23.1 Å². The Kier molecular flexibility index (Phi) is 9.44. The van der Waals surface area contributed by atoms with Crippen LogP contribution in [0.25, 0.3) is 0 Å². The highest BCUT2D eigenvalue weighted by Gasteiger charge is 2.23. The minimum absolute atomic E-state index is 0.00313. The number of benzene rings is 2. The molecular weight excluding hydrogens is 504 g/mol. The third-order valence-electron chi connectivity index (χ3n) is 5.17. The van der Waals surface area contributed by atoms with Gasteiger partial charge in [0.25, 0.3) is 11.8 Å². The fraction of sp³-hybridized carbons (Fsp3) is 0.292. The van der Waals surface area contributed by atoms with Gasteiger partial charge in [-0.1, -0.05) is 42.5 Å². The van der Waals surface area contributed by atoms with Crippen molar-refractivity contribution in [1.82, 2.24) is 18.9 Å². The molecule has 35 heavy (non-hydrogen) atoms. The fourth-order valence-corrected chi connectivity index (χ4v) is 5.17. The van der Waals surface area contributed by atoms with Crippen LogP contribution in [0.1, 0.15) is 37.8 Å². The molecule has 0 bridgehead atoms. The van der Waals surface area contributed by atoms with Crippen molar-refractivity contribution < 1.29 is 18.0 Å². The van der Waals surface area contributed by atoms with Crippen LogP contribution in [0.3, 0.4) is 0 Å². The lowest BCUT2D eigenvalue weighted by Gasteiger charge is -2.23. The van der Waals surface area contributed by atoms with E-state index in [4.69, 9.17) is 0 Å². The van der Waals surface area contributed by atoms with E-state index in [1.165, 1.54) is 48.1 Å². The third-order valence-corrected chi connectivity index (χ3v) is 8.21. The minimum Gasteiger partial charge on any atom is -0.332 e. The number of rotatable bonds is 11. The normalized spacial score (nSPS) is 11.4. The summed E-state index contributed by atoms with van der Waals surface area (Å²) in [5.41, 5.74) is 1.81. The maximum Gasteiger partial charge on any atom is 0.303 e. The number of hydrogen-bond acceptors (Lipinski definition) is 7. The van der Waals surface area contributed by atoms with E-state index < -0.39 is 16.1 Å². The first-order chi connectivity index (χ1) is 16.7. The Morgan fingerprint density at radius 1 is 1.06 bits per heavy atom. The topological polar surface area (TPSA) is 99.7 Å². The third kappa shape index (κ3) is 7.38. The first kappa shape index (κ1) is 26.9. The van der Waals surface area contributed by atoms with E-state index in [9.17, 15) is 18.0 Å². The molecular formula is C24H28N4O4S3. The van der Waals surface area contributed by atoms with Gasteiger partial charge in [-0.25, -0.2) is 9.71 Å². The minimum atomic E-state index is -3.92. The molecule has 8 nitrogen and oxygen atoms in total. The zero-order chi connectivity index (χ0) is 25.4. The summed E-state index contributed by atoms with van der Waals surface area (Å²) in [4.78, 5) is 32.8. The molecule has 3 aromatic rings. The molecule has 0 radical (unpaired) electrons. The highest BCUT2D eigenvalue weighted by molar-refractivity contribution is 7.98. The van der Waals surface area contributed by atoms with Gasteiger partial charge < -0.3 is 4.90 Å². The van der Waals surface area contributed by atoms with Crippen LogP contribution in [0.5, 0.6) is 0 Å². The molecule has 0 saturated carbocycles. The molecule has 0 unspecified atom stereocenters. The molecule has 0 aliphatic heterocycles. The largest absolute Gasteiger partial charge is 0.332 e. The first-order valence-corrected chi connectivity index (χ1v) is 14.4. The van der Waals surface area contributed by atoms with Gasteiger partial charge in [-0.2, -0.15) is 12.7 Å². The number of thiazole rings is 1. The average Bonchev–Trinajstić information content (AvgIpc) is 3.32. The molecule has 0 aliphatic carbocycles. The Labute approximate surface area is 214 Å². The highest BCUT2D eigenvalue weighted by atomic mass is 32.2. The molecule has 0 aliphatic rings. The van der Waals surface area contributed by atoms with Crippen LogP contribution in [0.2, 0.25) is 0 Å². The zero-order valence-corrected chi connectivity index (χ0v) is 22.3. The number of aromatic nitrogens is 1. The standard InChI is InChI=1S/C24H28N4O4S3/c1-27(2)35(31,32)26-23(29)20-17-34-22(25-20)16-28(15-9-12-18-10-5-4-6-11-18)24(30)19-13-7-8-14-21(19)33-3/h4-8,10-11,13-14,17H,9,12,15-16H2,1-3H3,(H,26,29). The number of nitrogens with zero attached hydrogens (tertiary/aromatic N) is 3. The van der Waals surface area contributed by atoms with Crippen molar-refractivity contribution in [3.63, 3.8) is 0 Å². The summed E-state index contributed by atoms with van der Waals surface area (Å²) in [6.07, 6.45) is 3.51. The summed E-state index contributed by atoms with van der Waals surface area (Å²) >= 11 is 2.72. The van der Waals surface area contributed by atoms with Crippen molar-refractivity contribution in [2.45, 2.75) is 24.3 Å². The summed E-state index contributed by atoms with van der Waals surface area (Å²) in [7, 11) is -1.27. The Morgan fingerprint density at radius 2 is 1.74 bits per heavy atom. The van der Waals surface area contributed by atoms with E-state index in [0.29, 0.717) is 17.1 Å². The molecule has 2 amide bonds. The van der Waals surface area contributed by atoms with Crippen molar-refractivity contribution in [1.29, 1.82) is 0 Å². The summed E-state index contributed by atoms with van der Waals surface area (Å²) < 4.78 is 26.8. The molecule has 1 heterocycles. The quantitative estimate of drug-likeness (QED) is 0.378. The number of carbonyl (C=O) groups is 2. The van der Waals surface area contributed by atoms with E-state index in [0.717, 1.165) is 22.0 Å². The van der Waals surface area contributed by atoms with Crippen molar-refractivity contribution in [3.8, 4) is 0 Å². The molecule has 3 rings (SSSR count). The average molecular weight is 533 g/mol. The van der Waals surface area contributed by atoms with Crippen LogP contribution in [0.4, 0.5) is 0 Å². The number of thioether (sulfide) groups is 1. The number of aryl methyl sites for hydroxylation is 1. The highest BCUT2D eigenvalue weighted by Crippen LogP contribution is 2.23. The van der Waals surface area contributed by atoms with Crippen LogP contribution >= 0.6 is 23.1 Å². The second kappa shape index (κ2) is 12.3. The summed E-state index contributed by atoms with van der Waals surface area (Å²) in [5, 5.41) is 2.05. The number of amides is 2. The Morgan fingerprint density at radius 3 is 2.43 bits per heavy atom. The van der Waals surface area contributed by atoms with E-state index in [2.05, 4.69) is 17.1 Å². The Bertz CT molecular complexity index is 1260. The van der Waals surface area contributed by atoms with E-state index in [-0.39, 0.29) is 18.1 Å². The van der Waals surface area contributed by atoms with Crippen molar-refractivity contribution in [2.75, 3.05) is 26.9 Å². The number of hydrogen-bond donors (Lipinski definition) is 1. The molecule has 11 heteroatoms. The predicted octanol–water partition coefficient (Wildman–Crippen LogP) is 3.68. The smallest absolute Gasteiger partial charge is 0.303 e. The molecule has 186 valence electrons. The van der Waals surface area contributed by atoms with Gasteiger partial charge in [0, 0.05) is 30.9 Å². The molecule has 0 fully saturated rings. The van der Waals surface area contributed by atoms with E-state index in [1.807, 2.05) is 53.4 Å². The lowest BCUT2D eigenvalue weighted by atomic mass is 10.1. The van der Waals surface area contributed by atoms with Crippen molar-refractivity contribution in [2.24, 2.45) is 0 Å². The van der Waals surface area contributed by atoms with Gasteiger partial charge in [0.2, 0.25) is 0 Å². The number of nitrogens with one attached hydrogen (secondary N) is 1. The first-order valence-electron chi connectivity index (χ1n) is 10.9. The predicted molar refractivity (Wildman–Crippen MR) is 140 cm³/mol. The van der Waals surface area contributed by atoms with Gasteiger partial charge in [-0.05, 0) is 36.8 Å². The second-order valence-electron chi connectivity index (χ2n) is 7.86. The maximum absolute atomic E-state index is 13.5. The molecule has 1 N–H and O–H groups in total. The van der Waals surface area contributed by atoms with E-state index >= 15 is 0 Å². The van der Waals surface area contributed by atoms with E-state index in [1.54, 1.807) is 4.90 Å². The van der Waals surface area contributed by atoms with Gasteiger partial charge in [0.15, 0.2) is 0 Å². The van der Waals surface area contributed by atoms with Crippen molar-refractivity contribution >= 4 is 45.1 Å². The maximum atomic E-state index is 13.5. The summed E-state index contributed by atoms with van der Waals surface area (Å²) in [6, 6.07) is 17.5. The van der Waals surface area contributed by atoms with Gasteiger partial charge >= 0.3 is 10.2 Å². The van der Waals surface area contributed by atoms with Crippen LogP contribution in [0, 0.1) is 0 Å². The summed E-state index contributed by atoms with van der Waals surface area (Å²) in [6.45, 7) is 0.723. The molecule has 2 aromatic carbocycles. The van der Waals surface area contributed by atoms with Crippen LogP contribution in [-0.2, 0) is 23.2 Å². The monoisotopic (exact) mass is 532 g/mol. The molecule has 0 atom stereocenters. The van der Waals surface area contributed by atoms with Gasteiger partial charge in [-0.3, -0.25) is 9.59 Å². The molecule has 0 spiro atoms. The second-order valence-corrected chi connectivity index (χ2v) is 11.5. The lowest BCUT2D eigenvalue weighted by Crippen LogP contribution is -2.39. The van der Waals surface area contributed by atoms with Crippen LogP contribution in [0.15, 0.2) is 64.9 Å². The van der Waals surface area contributed by atoms with Crippen LogP contribution in [-0.4, -0.2) is 61.3 Å². The molecule has 1 aromatic heterocycles. The zero-order valence-electron chi connectivity index (χ0n) is 19.8. The molecule has 0 saturated heterocycles. The lowest BCUT2D eigenvalue weighted by molar-refractivity contribution is 0.0737. The Hall–Kier alpha value is -2.73. The number of carbonyl (C=O) groups excluding carboxylic acids is 2. The summed E-state index contributed by atoms with van der Waals surface area (Å²) in [5.74, 6) is -0.921.